The van der Waals surface area contributed by atoms with Crippen LogP contribution in [0.3, 0.4) is 0 Å². The van der Waals surface area contributed by atoms with Gasteiger partial charge in [0.25, 0.3) is 5.91 Å². The third-order valence-corrected chi connectivity index (χ3v) is 4.92. The van der Waals surface area contributed by atoms with Crippen LogP contribution in [0.2, 0.25) is 0 Å². The van der Waals surface area contributed by atoms with Crippen LogP contribution < -0.4 is 14.8 Å². The van der Waals surface area contributed by atoms with Crippen LogP contribution in [-0.4, -0.2) is 36.6 Å². The number of nitrogens with one attached hydrogen (secondary N) is 1. The summed E-state index contributed by atoms with van der Waals surface area (Å²) in [7, 11) is 0. The number of carbonyl (C=O) groups is 2. The maximum Gasteiger partial charge on any atom is 0.325 e. The average Bonchev–Trinajstić information content (AvgIpc) is 2.98. The van der Waals surface area contributed by atoms with Gasteiger partial charge in [0.2, 0.25) is 0 Å². The first-order valence-electron chi connectivity index (χ1n) is 9.76. The predicted molar refractivity (Wildman–Crippen MR) is 106 cm³/mol. The molecule has 0 aromatic heterocycles. The second-order valence-corrected chi connectivity index (χ2v) is 6.82. The average molecular weight is 400 g/mol. The van der Waals surface area contributed by atoms with E-state index in [1.165, 1.54) is 24.3 Å². The molecular weight excluding hydrogens is 375 g/mol. The lowest BCUT2D eigenvalue weighted by Crippen LogP contribution is -2.43. The fraction of sp³-hybridized carbons (Fsp3) is 0.364. The molecule has 1 saturated heterocycles. The van der Waals surface area contributed by atoms with E-state index in [9.17, 15) is 14.0 Å². The Morgan fingerprint density at radius 2 is 1.52 bits per heavy atom. The minimum absolute atomic E-state index is 0.113. The number of urea groups is 1. The van der Waals surface area contributed by atoms with E-state index in [1.807, 2.05) is 26.0 Å². The molecule has 2 aromatic rings. The molecule has 0 radical (unpaired) electrons. The monoisotopic (exact) mass is 400 g/mol. The maximum atomic E-state index is 13.3. The van der Waals surface area contributed by atoms with Crippen molar-refractivity contribution >= 4 is 11.9 Å². The van der Waals surface area contributed by atoms with Crippen LogP contribution in [0.1, 0.15) is 32.3 Å². The molecule has 1 heterocycles. The first-order chi connectivity index (χ1) is 14.0. The lowest BCUT2D eigenvalue weighted by Gasteiger charge is -2.25. The zero-order chi connectivity index (χ0) is 20.9. The molecule has 1 fully saturated rings. The zero-order valence-corrected chi connectivity index (χ0v) is 16.6. The summed E-state index contributed by atoms with van der Waals surface area (Å²) in [6, 6.07) is 12.3. The Balaban J connectivity index is 1.62. The number of ether oxygens (including phenoxy) is 2. The summed E-state index contributed by atoms with van der Waals surface area (Å²) in [5.74, 6) is 0.637. The Hall–Kier alpha value is -3.09. The SMILES string of the molecule is CCCOc1ccc(OCCN2C(=O)NC(CC)(c3ccc(F)cc3)C2=O)cc1. The van der Waals surface area contributed by atoms with Gasteiger partial charge in [0, 0.05) is 0 Å². The number of benzene rings is 2. The van der Waals surface area contributed by atoms with Crippen molar-refractivity contribution in [3.05, 3.63) is 59.9 Å². The Kier molecular flexibility index (Phi) is 6.36. The molecule has 154 valence electrons. The fourth-order valence-electron chi connectivity index (χ4n) is 3.31. The third-order valence-electron chi connectivity index (χ3n) is 4.92. The Bertz CT molecular complexity index is 854. The van der Waals surface area contributed by atoms with E-state index in [-0.39, 0.29) is 19.1 Å². The van der Waals surface area contributed by atoms with E-state index >= 15 is 0 Å². The smallest absolute Gasteiger partial charge is 0.325 e. The van der Waals surface area contributed by atoms with E-state index in [1.54, 1.807) is 12.1 Å². The minimum Gasteiger partial charge on any atom is -0.494 e. The van der Waals surface area contributed by atoms with Crippen molar-refractivity contribution in [2.45, 2.75) is 32.2 Å². The van der Waals surface area contributed by atoms with Gasteiger partial charge in [-0.05, 0) is 54.8 Å². The second kappa shape index (κ2) is 8.94. The Labute approximate surface area is 169 Å². The molecule has 2 aromatic carbocycles. The molecule has 1 aliphatic heterocycles. The van der Waals surface area contributed by atoms with Crippen LogP contribution in [-0.2, 0) is 10.3 Å². The summed E-state index contributed by atoms with van der Waals surface area (Å²) in [4.78, 5) is 26.6. The predicted octanol–water partition coefficient (Wildman–Crippen LogP) is 3.85. The van der Waals surface area contributed by atoms with E-state index in [2.05, 4.69) is 5.32 Å². The highest BCUT2D eigenvalue weighted by Gasteiger charge is 2.51. The Morgan fingerprint density at radius 3 is 2.07 bits per heavy atom. The molecule has 1 unspecified atom stereocenters. The van der Waals surface area contributed by atoms with E-state index < -0.39 is 17.4 Å². The molecule has 7 heteroatoms. The van der Waals surface area contributed by atoms with Gasteiger partial charge in [0.1, 0.15) is 29.5 Å². The topological polar surface area (TPSA) is 67.9 Å². The number of rotatable bonds is 9. The standard InChI is InChI=1S/C22H25FN2O4/c1-3-14-28-18-9-11-19(12-10-18)29-15-13-25-20(26)22(4-2,24-21(25)27)16-5-7-17(23)8-6-16/h5-12H,3-4,13-15H2,1-2H3,(H,24,27). The number of amides is 3. The molecular formula is C22H25FN2O4. The molecule has 1 aliphatic rings. The lowest BCUT2D eigenvalue weighted by molar-refractivity contribution is -0.132. The summed E-state index contributed by atoms with van der Waals surface area (Å²) < 4.78 is 24.5. The molecule has 0 spiro atoms. The van der Waals surface area contributed by atoms with Crippen LogP contribution in [0, 0.1) is 5.82 Å². The first-order valence-corrected chi connectivity index (χ1v) is 9.76. The quantitative estimate of drug-likeness (QED) is 0.649. The highest BCUT2D eigenvalue weighted by Crippen LogP contribution is 2.32. The summed E-state index contributed by atoms with van der Waals surface area (Å²) in [6.07, 6.45) is 1.29. The number of hydrogen-bond acceptors (Lipinski definition) is 4. The largest absolute Gasteiger partial charge is 0.494 e. The van der Waals surface area contributed by atoms with Crippen molar-refractivity contribution in [2.75, 3.05) is 19.8 Å². The molecule has 0 bridgehead atoms. The number of carbonyl (C=O) groups excluding carboxylic acids is 2. The summed E-state index contributed by atoms with van der Waals surface area (Å²) in [5.41, 5.74) is -0.617. The van der Waals surface area contributed by atoms with Crippen LogP contribution in [0.15, 0.2) is 48.5 Å². The third kappa shape index (κ3) is 4.34. The van der Waals surface area contributed by atoms with Gasteiger partial charge in [-0.2, -0.15) is 0 Å². The van der Waals surface area contributed by atoms with E-state index in [4.69, 9.17) is 9.47 Å². The van der Waals surface area contributed by atoms with Crippen molar-refractivity contribution in [3.63, 3.8) is 0 Å². The summed E-state index contributed by atoms with van der Waals surface area (Å²) >= 11 is 0. The molecule has 0 aliphatic carbocycles. The van der Waals surface area contributed by atoms with Crippen LogP contribution in [0.5, 0.6) is 11.5 Å². The zero-order valence-electron chi connectivity index (χ0n) is 16.6. The number of hydrogen-bond donors (Lipinski definition) is 1. The second-order valence-electron chi connectivity index (χ2n) is 6.82. The molecule has 0 saturated carbocycles. The van der Waals surface area contributed by atoms with Crippen molar-refractivity contribution < 1.29 is 23.5 Å². The number of halogens is 1. The van der Waals surface area contributed by atoms with Crippen molar-refractivity contribution in [3.8, 4) is 11.5 Å². The maximum absolute atomic E-state index is 13.3. The molecule has 3 amide bonds. The molecule has 6 nitrogen and oxygen atoms in total. The summed E-state index contributed by atoms with van der Waals surface area (Å²) in [5, 5.41) is 2.77. The first kappa shape index (κ1) is 20.6. The minimum atomic E-state index is -1.18. The van der Waals surface area contributed by atoms with Gasteiger partial charge in [-0.3, -0.25) is 9.69 Å². The fourth-order valence-corrected chi connectivity index (χ4v) is 3.31. The van der Waals surface area contributed by atoms with E-state index in [0.717, 1.165) is 17.1 Å². The molecule has 29 heavy (non-hydrogen) atoms. The van der Waals surface area contributed by atoms with Gasteiger partial charge in [0.05, 0.1) is 13.2 Å². The van der Waals surface area contributed by atoms with Crippen LogP contribution in [0.25, 0.3) is 0 Å². The summed E-state index contributed by atoms with van der Waals surface area (Å²) in [6.45, 7) is 4.78. The van der Waals surface area contributed by atoms with Gasteiger partial charge in [0.15, 0.2) is 0 Å². The van der Waals surface area contributed by atoms with Crippen molar-refractivity contribution in [1.29, 1.82) is 0 Å². The lowest BCUT2D eigenvalue weighted by atomic mass is 9.87. The van der Waals surface area contributed by atoms with Gasteiger partial charge < -0.3 is 14.8 Å². The van der Waals surface area contributed by atoms with Crippen molar-refractivity contribution in [2.24, 2.45) is 0 Å². The van der Waals surface area contributed by atoms with Gasteiger partial charge in [-0.15, -0.1) is 0 Å². The molecule has 3 rings (SSSR count). The number of nitrogens with zero attached hydrogens (tertiary/aromatic N) is 1. The highest BCUT2D eigenvalue weighted by molar-refractivity contribution is 6.07. The van der Waals surface area contributed by atoms with Crippen LogP contribution >= 0.6 is 0 Å². The van der Waals surface area contributed by atoms with Crippen molar-refractivity contribution in [1.82, 2.24) is 10.2 Å². The number of imide groups is 1. The normalized spacial score (nSPS) is 18.7. The Morgan fingerprint density at radius 1 is 0.931 bits per heavy atom. The van der Waals surface area contributed by atoms with Gasteiger partial charge in [-0.1, -0.05) is 26.0 Å². The van der Waals surface area contributed by atoms with Gasteiger partial charge >= 0.3 is 6.03 Å². The highest BCUT2D eigenvalue weighted by atomic mass is 19.1. The van der Waals surface area contributed by atoms with Gasteiger partial charge in [-0.25, -0.2) is 9.18 Å². The van der Waals surface area contributed by atoms with E-state index in [0.29, 0.717) is 24.3 Å². The molecule has 1 atom stereocenters. The van der Waals surface area contributed by atoms with Crippen LogP contribution in [0.4, 0.5) is 9.18 Å². The molecule has 1 N–H and O–H groups in total.